The summed E-state index contributed by atoms with van der Waals surface area (Å²) in [5, 5.41) is 10.8. The number of nitro groups is 1. The predicted octanol–water partition coefficient (Wildman–Crippen LogP) is 3.08. The summed E-state index contributed by atoms with van der Waals surface area (Å²) < 4.78 is 44.4. The molecule has 0 saturated carbocycles. The van der Waals surface area contributed by atoms with Gasteiger partial charge in [-0.15, -0.1) is 0 Å². The SMILES string of the molecule is CC(F)(F)[C@@H]1C[C@@](I)(c2cc([N+](=O)[O-])ccc2F)N=C(N)O1. The molecule has 6 nitrogen and oxygen atoms in total. The summed E-state index contributed by atoms with van der Waals surface area (Å²) in [6.07, 6.45) is -1.99. The molecule has 1 aliphatic rings. The van der Waals surface area contributed by atoms with Crippen molar-refractivity contribution >= 4 is 34.3 Å². The molecule has 0 aliphatic carbocycles. The van der Waals surface area contributed by atoms with Gasteiger partial charge in [-0.05, 0) is 28.7 Å². The van der Waals surface area contributed by atoms with Crippen molar-refractivity contribution in [3.05, 3.63) is 39.7 Å². The summed E-state index contributed by atoms with van der Waals surface area (Å²) in [6, 6.07) is 2.33. The number of nitrogens with zero attached hydrogens (tertiary/aromatic N) is 2. The number of benzene rings is 1. The van der Waals surface area contributed by atoms with E-state index in [1.807, 2.05) is 0 Å². The van der Waals surface area contributed by atoms with Crippen LogP contribution in [0.5, 0.6) is 0 Å². The molecule has 0 aromatic heterocycles. The van der Waals surface area contributed by atoms with Crippen molar-refractivity contribution in [1.29, 1.82) is 0 Å². The maximum atomic E-state index is 14.0. The fourth-order valence-electron chi connectivity index (χ4n) is 2.05. The first-order chi connectivity index (χ1) is 10.0. The van der Waals surface area contributed by atoms with Gasteiger partial charge in [-0.25, -0.2) is 18.2 Å². The van der Waals surface area contributed by atoms with E-state index in [1.54, 1.807) is 22.6 Å². The van der Waals surface area contributed by atoms with Gasteiger partial charge in [0.1, 0.15) is 9.36 Å². The van der Waals surface area contributed by atoms with Crippen LogP contribution in [0.4, 0.5) is 18.9 Å². The molecule has 22 heavy (non-hydrogen) atoms. The second kappa shape index (κ2) is 5.56. The number of nitro benzene ring substituents is 1. The predicted molar refractivity (Wildman–Crippen MR) is 80.5 cm³/mol. The Morgan fingerprint density at radius 1 is 1.59 bits per heavy atom. The molecule has 0 spiro atoms. The summed E-state index contributed by atoms with van der Waals surface area (Å²) in [7, 11) is 0. The van der Waals surface area contributed by atoms with E-state index >= 15 is 0 Å². The highest BCUT2D eigenvalue weighted by molar-refractivity contribution is 14.1. The molecule has 120 valence electrons. The topological polar surface area (TPSA) is 90.8 Å². The van der Waals surface area contributed by atoms with E-state index in [1.165, 1.54) is 0 Å². The molecule has 1 aromatic carbocycles. The smallest absolute Gasteiger partial charge is 0.284 e. The zero-order valence-corrected chi connectivity index (χ0v) is 13.4. The van der Waals surface area contributed by atoms with Gasteiger partial charge in [-0.2, -0.15) is 0 Å². The van der Waals surface area contributed by atoms with Gasteiger partial charge in [0.25, 0.3) is 17.6 Å². The number of hydrogen-bond acceptors (Lipinski definition) is 5. The third kappa shape index (κ3) is 3.25. The van der Waals surface area contributed by atoms with Gasteiger partial charge >= 0.3 is 0 Å². The van der Waals surface area contributed by atoms with E-state index in [0.717, 1.165) is 18.2 Å². The highest BCUT2D eigenvalue weighted by Crippen LogP contribution is 2.45. The van der Waals surface area contributed by atoms with Crippen LogP contribution in [-0.4, -0.2) is 23.0 Å². The van der Waals surface area contributed by atoms with Crippen molar-refractivity contribution in [2.75, 3.05) is 0 Å². The van der Waals surface area contributed by atoms with Crippen LogP contribution in [0, 0.1) is 15.9 Å². The molecule has 1 heterocycles. The molecule has 0 unspecified atom stereocenters. The van der Waals surface area contributed by atoms with Gasteiger partial charge in [-0.1, -0.05) is 0 Å². The molecule has 0 radical (unpaired) electrons. The van der Waals surface area contributed by atoms with E-state index in [9.17, 15) is 23.3 Å². The average molecular weight is 429 g/mol. The number of nitrogens with two attached hydrogens (primary N) is 1. The van der Waals surface area contributed by atoms with Gasteiger partial charge in [0.2, 0.25) is 0 Å². The lowest BCUT2D eigenvalue weighted by Crippen LogP contribution is -2.45. The van der Waals surface area contributed by atoms with E-state index in [-0.39, 0.29) is 17.7 Å². The minimum Gasteiger partial charge on any atom is -0.456 e. The van der Waals surface area contributed by atoms with Crippen LogP contribution in [0.1, 0.15) is 18.9 Å². The van der Waals surface area contributed by atoms with Crippen LogP contribution in [0.25, 0.3) is 0 Å². The molecule has 1 aromatic rings. The highest BCUT2D eigenvalue weighted by Gasteiger charge is 2.48. The Morgan fingerprint density at radius 3 is 2.77 bits per heavy atom. The molecule has 1 aliphatic heterocycles. The Kier molecular flexibility index (Phi) is 4.24. The Hall–Kier alpha value is -1.59. The van der Waals surface area contributed by atoms with Crippen LogP contribution in [0.2, 0.25) is 0 Å². The Balaban J connectivity index is 2.52. The summed E-state index contributed by atoms with van der Waals surface area (Å²) >= 11 is 1.65. The number of halogens is 4. The number of hydrogen-bond donors (Lipinski definition) is 1. The van der Waals surface area contributed by atoms with Crippen molar-refractivity contribution in [1.82, 2.24) is 0 Å². The fraction of sp³-hybridized carbons (Fsp3) is 0.417. The molecule has 10 heteroatoms. The van der Waals surface area contributed by atoms with Crippen LogP contribution < -0.4 is 5.73 Å². The number of aliphatic imine (C=N–C) groups is 1. The number of alkyl halides is 3. The van der Waals surface area contributed by atoms with Crippen LogP contribution in [0.3, 0.4) is 0 Å². The average Bonchev–Trinajstić information content (AvgIpc) is 2.36. The molecule has 2 atom stereocenters. The van der Waals surface area contributed by atoms with Crippen molar-refractivity contribution in [3.63, 3.8) is 0 Å². The maximum Gasteiger partial charge on any atom is 0.284 e. The normalized spacial score (nSPS) is 25.3. The number of non-ortho nitro benzene ring substituents is 1. The second-order valence-corrected chi connectivity index (χ2v) is 6.68. The molecule has 0 fully saturated rings. The Morgan fingerprint density at radius 2 is 2.23 bits per heavy atom. The van der Waals surface area contributed by atoms with Crippen LogP contribution >= 0.6 is 22.6 Å². The molecule has 0 amide bonds. The monoisotopic (exact) mass is 429 g/mol. The number of ether oxygens (including phenoxy) is 1. The Bertz CT molecular complexity index is 650. The van der Waals surface area contributed by atoms with Crippen LogP contribution in [-0.2, 0) is 8.28 Å². The third-order valence-corrected chi connectivity index (χ3v) is 4.41. The number of amidine groups is 1. The quantitative estimate of drug-likeness (QED) is 0.263. The van der Waals surface area contributed by atoms with E-state index in [4.69, 9.17) is 10.5 Å². The molecule has 0 bridgehead atoms. The fourth-order valence-corrected chi connectivity index (χ4v) is 3.10. The van der Waals surface area contributed by atoms with Gasteiger partial charge in [0.05, 0.1) is 4.92 Å². The van der Waals surface area contributed by atoms with E-state index in [2.05, 4.69) is 4.99 Å². The summed E-state index contributed by atoms with van der Waals surface area (Å²) in [6.45, 7) is 0.650. The summed E-state index contributed by atoms with van der Waals surface area (Å²) in [5.41, 5.74) is 4.86. The van der Waals surface area contributed by atoms with E-state index in [0.29, 0.717) is 6.92 Å². The minimum absolute atomic E-state index is 0.192. The lowest BCUT2D eigenvalue weighted by atomic mass is 9.96. The molecule has 0 saturated heterocycles. The van der Waals surface area contributed by atoms with Gasteiger partial charge in [0.15, 0.2) is 6.10 Å². The van der Waals surface area contributed by atoms with Gasteiger partial charge < -0.3 is 10.5 Å². The largest absolute Gasteiger partial charge is 0.456 e. The third-order valence-electron chi connectivity index (χ3n) is 3.15. The Labute approximate surface area is 136 Å². The van der Waals surface area contributed by atoms with Gasteiger partial charge in [0, 0.05) is 31.0 Å². The lowest BCUT2D eigenvalue weighted by Gasteiger charge is -2.35. The van der Waals surface area contributed by atoms with Crippen molar-refractivity contribution in [3.8, 4) is 0 Å². The summed E-state index contributed by atoms with van der Waals surface area (Å²) in [5.74, 6) is -4.02. The van der Waals surface area contributed by atoms with Crippen LogP contribution in [0.15, 0.2) is 23.2 Å². The standard InChI is InChI=1S/C12H11F3IN3O3/c1-11(14,15)9-5-12(16,18-10(17)22-9)7-4-6(19(20)21)2-3-8(7)13/h2-4,9H,5H2,1H3,(H2,17,18)/t9-,12-/m0/s1. The second-order valence-electron chi connectivity index (χ2n) is 4.90. The lowest BCUT2D eigenvalue weighted by molar-refractivity contribution is -0.385. The van der Waals surface area contributed by atoms with Crippen molar-refractivity contribution < 1.29 is 22.8 Å². The molecule has 2 N–H and O–H groups in total. The maximum absolute atomic E-state index is 14.0. The van der Waals surface area contributed by atoms with Gasteiger partial charge in [-0.3, -0.25) is 10.1 Å². The minimum atomic E-state index is -3.23. The molecule has 2 rings (SSSR count). The van der Waals surface area contributed by atoms with E-state index < -0.39 is 32.3 Å². The number of rotatable bonds is 3. The highest BCUT2D eigenvalue weighted by atomic mass is 127. The summed E-state index contributed by atoms with van der Waals surface area (Å²) in [4.78, 5) is 14.0. The molecular formula is C12H11F3IN3O3. The first-order valence-electron chi connectivity index (χ1n) is 6.06. The zero-order valence-electron chi connectivity index (χ0n) is 11.2. The molecular weight excluding hydrogens is 418 g/mol. The first kappa shape index (κ1) is 16.8. The zero-order chi connectivity index (χ0) is 16.7. The van der Waals surface area contributed by atoms with Crippen molar-refractivity contribution in [2.24, 2.45) is 10.7 Å². The van der Waals surface area contributed by atoms with Crippen molar-refractivity contribution in [2.45, 2.75) is 28.9 Å². The first-order valence-corrected chi connectivity index (χ1v) is 7.14.